The molecule has 0 radical (unpaired) electrons. The molecule has 1 N–H and O–H groups in total. The molecule has 1 amide bonds. The Labute approximate surface area is 145 Å². The van der Waals surface area contributed by atoms with Gasteiger partial charge < -0.3 is 9.80 Å². The minimum Gasteiger partial charge on any atom is -0.333 e. The Bertz CT molecular complexity index is 563. The molecule has 0 bridgehead atoms. The number of nitrogens with zero attached hydrogens (tertiary/aromatic N) is 1. The number of carbonyl (C=O) groups excluding carboxylic acids is 1. The second-order valence-electron chi connectivity index (χ2n) is 6.04. The van der Waals surface area contributed by atoms with Crippen LogP contribution in [0.5, 0.6) is 0 Å². The van der Waals surface area contributed by atoms with E-state index in [2.05, 4.69) is 0 Å². The molecule has 3 nitrogen and oxygen atoms in total. The van der Waals surface area contributed by atoms with Crippen LogP contribution >= 0.6 is 35.0 Å². The Morgan fingerprint density at radius 2 is 2.00 bits per heavy atom. The summed E-state index contributed by atoms with van der Waals surface area (Å²) in [6, 6.07) is 5.69. The topological polar surface area (TPSA) is 24.8 Å². The van der Waals surface area contributed by atoms with Gasteiger partial charge in [0.25, 0.3) is 0 Å². The zero-order valence-electron chi connectivity index (χ0n) is 12.6. The summed E-state index contributed by atoms with van der Waals surface area (Å²) >= 11 is 13.8. The number of rotatable bonds is 4. The molecule has 0 aliphatic carbocycles. The lowest BCUT2D eigenvalue weighted by molar-refractivity contribution is -0.886. The average molecular weight is 360 g/mol. The van der Waals surface area contributed by atoms with Crippen molar-refractivity contribution in [3.63, 3.8) is 0 Å². The first-order chi connectivity index (χ1) is 10.6. The first-order valence-corrected chi connectivity index (χ1v) is 9.50. The van der Waals surface area contributed by atoms with Crippen molar-refractivity contribution < 1.29 is 9.69 Å². The third kappa shape index (κ3) is 3.40. The number of hydrogen-bond acceptors (Lipinski definition) is 2. The van der Waals surface area contributed by atoms with Crippen LogP contribution in [-0.4, -0.2) is 42.2 Å². The molecule has 2 atom stereocenters. The molecule has 3 rings (SSSR count). The van der Waals surface area contributed by atoms with Crippen LogP contribution in [0.25, 0.3) is 0 Å². The summed E-state index contributed by atoms with van der Waals surface area (Å²) in [5, 5.41) is 1.17. The van der Waals surface area contributed by atoms with E-state index in [0.717, 1.165) is 18.7 Å². The minimum atomic E-state index is 0.00744. The molecule has 2 aliphatic rings. The van der Waals surface area contributed by atoms with Gasteiger partial charge in [-0.25, -0.2) is 0 Å². The van der Waals surface area contributed by atoms with E-state index < -0.39 is 0 Å². The highest BCUT2D eigenvalue weighted by Gasteiger charge is 2.39. The minimum absolute atomic E-state index is 0.00744. The quantitative estimate of drug-likeness (QED) is 0.893. The molecule has 0 unspecified atom stereocenters. The molecule has 1 aromatic carbocycles. The van der Waals surface area contributed by atoms with Crippen LogP contribution in [-0.2, 0) is 4.79 Å². The SMILES string of the molecule is C[C@H]1S[C@H](c2ccc(Cl)c(Cl)c2)N(CC[NH+]2CCCC2)C1=O. The van der Waals surface area contributed by atoms with E-state index in [1.807, 2.05) is 30.0 Å². The second-order valence-corrected chi connectivity index (χ2v) is 8.28. The maximum absolute atomic E-state index is 12.5. The van der Waals surface area contributed by atoms with Gasteiger partial charge in [-0.2, -0.15) is 0 Å². The first-order valence-electron chi connectivity index (χ1n) is 7.80. The number of amides is 1. The molecule has 2 heterocycles. The highest BCUT2D eigenvalue weighted by molar-refractivity contribution is 8.01. The molecule has 22 heavy (non-hydrogen) atoms. The van der Waals surface area contributed by atoms with Crippen molar-refractivity contribution >= 4 is 40.9 Å². The first kappa shape index (κ1) is 16.4. The van der Waals surface area contributed by atoms with Gasteiger partial charge in [-0.1, -0.05) is 29.3 Å². The van der Waals surface area contributed by atoms with Crippen molar-refractivity contribution in [1.82, 2.24) is 4.90 Å². The monoisotopic (exact) mass is 359 g/mol. The van der Waals surface area contributed by atoms with Crippen LogP contribution in [0.15, 0.2) is 18.2 Å². The van der Waals surface area contributed by atoms with Crippen LogP contribution in [0, 0.1) is 0 Å². The van der Waals surface area contributed by atoms with Crippen LogP contribution < -0.4 is 4.90 Å². The summed E-state index contributed by atoms with van der Waals surface area (Å²) in [5.41, 5.74) is 1.06. The molecule has 0 spiro atoms. The molecule has 0 aromatic heterocycles. The van der Waals surface area contributed by atoms with Crippen molar-refractivity contribution in [2.24, 2.45) is 0 Å². The van der Waals surface area contributed by atoms with Crippen LogP contribution in [0.3, 0.4) is 0 Å². The largest absolute Gasteiger partial charge is 0.333 e. The predicted octanol–water partition coefficient (Wildman–Crippen LogP) is 2.63. The number of benzene rings is 1. The average Bonchev–Trinajstić information content (AvgIpc) is 3.10. The fourth-order valence-corrected chi connectivity index (χ4v) is 4.83. The zero-order valence-corrected chi connectivity index (χ0v) is 15.0. The summed E-state index contributed by atoms with van der Waals surface area (Å²) in [6.45, 7) is 6.32. The van der Waals surface area contributed by atoms with Crippen LogP contribution in [0.1, 0.15) is 30.7 Å². The van der Waals surface area contributed by atoms with Crippen LogP contribution in [0.2, 0.25) is 10.0 Å². The Balaban J connectivity index is 1.75. The lowest BCUT2D eigenvalue weighted by atomic mass is 10.2. The van der Waals surface area contributed by atoms with Gasteiger partial charge in [-0.05, 0) is 24.6 Å². The Morgan fingerprint density at radius 1 is 1.27 bits per heavy atom. The summed E-state index contributed by atoms with van der Waals surface area (Å²) in [7, 11) is 0. The van der Waals surface area contributed by atoms with Gasteiger partial charge in [0, 0.05) is 12.8 Å². The number of thioether (sulfide) groups is 1. The molecule has 2 saturated heterocycles. The third-order valence-corrected chi connectivity index (χ3v) is 6.63. The molecule has 120 valence electrons. The van der Waals surface area contributed by atoms with Gasteiger partial charge in [0.05, 0.1) is 41.5 Å². The van der Waals surface area contributed by atoms with Crippen molar-refractivity contribution in [3.8, 4) is 0 Å². The van der Waals surface area contributed by atoms with Gasteiger partial charge in [0.2, 0.25) is 5.91 Å². The number of carbonyl (C=O) groups is 1. The fourth-order valence-electron chi connectivity index (χ4n) is 3.23. The number of hydrogen-bond donors (Lipinski definition) is 1. The van der Waals surface area contributed by atoms with E-state index in [1.54, 1.807) is 16.7 Å². The number of nitrogens with one attached hydrogen (secondary N) is 1. The molecule has 6 heteroatoms. The van der Waals surface area contributed by atoms with E-state index >= 15 is 0 Å². The van der Waals surface area contributed by atoms with Gasteiger partial charge in [-0.3, -0.25) is 4.79 Å². The Morgan fingerprint density at radius 3 is 2.68 bits per heavy atom. The van der Waals surface area contributed by atoms with E-state index in [0.29, 0.717) is 10.0 Å². The number of likely N-dealkylation sites (tertiary alicyclic amines) is 1. The third-order valence-electron chi connectivity index (χ3n) is 4.49. The fraction of sp³-hybridized carbons (Fsp3) is 0.562. The molecule has 2 aliphatic heterocycles. The summed E-state index contributed by atoms with van der Waals surface area (Å²) in [5.74, 6) is 0.236. The standard InChI is InChI=1S/C16H20Cl2N2OS/c1-11-15(21)20(9-8-19-6-2-3-7-19)16(22-11)12-4-5-13(17)14(18)10-12/h4-5,10-11,16H,2-3,6-9H2,1H3/p+1/t11-,16-/m1/s1. The molecule has 0 saturated carbocycles. The maximum atomic E-state index is 12.5. The van der Waals surface area contributed by atoms with Crippen molar-refractivity contribution in [1.29, 1.82) is 0 Å². The van der Waals surface area contributed by atoms with E-state index in [1.165, 1.54) is 25.9 Å². The molecule has 2 fully saturated rings. The van der Waals surface area contributed by atoms with E-state index in [-0.39, 0.29) is 16.5 Å². The number of halogens is 2. The maximum Gasteiger partial charge on any atom is 0.236 e. The Hall–Kier alpha value is -0.420. The normalized spacial score (nSPS) is 26.1. The lowest BCUT2D eigenvalue weighted by Gasteiger charge is -2.25. The second kappa shape index (κ2) is 7.00. The summed E-state index contributed by atoms with van der Waals surface area (Å²) in [6.07, 6.45) is 2.62. The zero-order chi connectivity index (χ0) is 15.7. The van der Waals surface area contributed by atoms with Gasteiger partial charge in [0.1, 0.15) is 5.37 Å². The molecule has 1 aromatic rings. The van der Waals surface area contributed by atoms with Gasteiger partial charge in [0.15, 0.2) is 0 Å². The van der Waals surface area contributed by atoms with Crippen molar-refractivity contribution in [3.05, 3.63) is 33.8 Å². The molecular formula is C16H21Cl2N2OS+. The van der Waals surface area contributed by atoms with E-state index in [9.17, 15) is 4.79 Å². The van der Waals surface area contributed by atoms with Gasteiger partial charge in [-0.15, -0.1) is 11.8 Å². The van der Waals surface area contributed by atoms with E-state index in [4.69, 9.17) is 23.2 Å². The molecular weight excluding hydrogens is 339 g/mol. The van der Waals surface area contributed by atoms with Crippen LogP contribution in [0.4, 0.5) is 0 Å². The predicted molar refractivity (Wildman–Crippen MR) is 92.8 cm³/mol. The van der Waals surface area contributed by atoms with Gasteiger partial charge >= 0.3 is 0 Å². The van der Waals surface area contributed by atoms with Crippen molar-refractivity contribution in [2.75, 3.05) is 26.2 Å². The highest BCUT2D eigenvalue weighted by atomic mass is 35.5. The van der Waals surface area contributed by atoms with Crippen molar-refractivity contribution in [2.45, 2.75) is 30.4 Å². The Kier molecular flexibility index (Phi) is 5.23. The summed E-state index contributed by atoms with van der Waals surface area (Å²) < 4.78 is 0. The lowest BCUT2D eigenvalue weighted by Crippen LogP contribution is -3.10. The number of quaternary nitrogens is 1. The smallest absolute Gasteiger partial charge is 0.236 e. The highest BCUT2D eigenvalue weighted by Crippen LogP contribution is 2.43. The summed E-state index contributed by atoms with van der Waals surface area (Å²) in [4.78, 5) is 16.1.